The van der Waals surface area contributed by atoms with Gasteiger partial charge in [0.2, 0.25) is 5.91 Å². The summed E-state index contributed by atoms with van der Waals surface area (Å²) in [5, 5.41) is 2.89. The number of carbonyl (C=O) groups excluding carboxylic acids is 2. The Morgan fingerprint density at radius 2 is 1.89 bits per heavy atom. The Morgan fingerprint density at radius 1 is 1.28 bits per heavy atom. The van der Waals surface area contributed by atoms with Gasteiger partial charge < -0.3 is 10.1 Å². The van der Waals surface area contributed by atoms with E-state index >= 15 is 0 Å². The van der Waals surface area contributed by atoms with E-state index in [-0.39, 0.29) is 24.5 Å². The van der Waals surface area contributed by atoms with Gasteiger partial charge in [0.15, 0.2) is 0 Å². The zero-order chi connectivity index (χ0) is 14.1. The maximum Gasteiger partial charge on any atom is 0.319 e. The zero-order valence-corrected chi connectivity index (χ0v) is 12.2. The van der Waals surface area contributed by atoms with E-state index in [0.717, 1.165) is 6.42 Å². The number of hydrogen-bond acceptors (Lipinski definition) is 4. The van der Waals surface area contributed by atoms with E-state index in [0.29, 0.717) is 19.0 Å². The predicted octanol–water partition coefficient (Wildman–Crippen LogP) is 1.03. The zero-order valence-electron chi connectivity index (χ0n) is 12.2. The van der Waals surface area contributed by atoms with Crippen LogP contribution in [0.25, 0.3) is 0 Å². The van der Waals surface area contributed by atoms with E-state index < -0.39 is 0 Å². The topological polar surface area (TPSA) is 58.6 Å². The van der Waals surface area contributed by atoms with Crippen LogP contribution in [0.1, 0.15) is 34.1 Å². The van der Waals surface area contributed by atoms with Crippen molar-refractivity contribution in [1.29, 1.82) is 0 Å². The van der Waals surface area contributed by atoms with Crippen molar-refractivity contribution in [1.82, 2.24) is 10.2 Å². The molecule has 1 atom stereocenters. The third kappa shape index (κ3) is 6.59. The number of carbonyl (C=O) groups is 2. The summed E-state index contributed by atoms with van der Waals surface area (Å²) in [7, 11) is 1.35. The summed E-state index contributed by atoms with van der Waals surface area (Å²) in [4.78, 5) is 24.9. The molecule has 0 radical (unpaired) electrons. The number of methoxy groups -OCH3 is 1. The van der Waals surface area contributed by atoms with Crippen LogP contribution in [-0.2, 0) is 14.3 Å². The van der Waals surface area contributed by atoms with E-state index in [2.05, 4.69) is 23.9 Å². The molecule has 0 heterocycles. The largest absolute Gasteiger partial charge is 0.468 e. The highest BCUT2D eigenvalue weighted by atomic mass is 16.5. The Balaban J connectivity index is 4.18. The maximum atomic E-state index is 11.9. The first-order chi connectivity index (χ1) is 8.42. The lowest BCUT2D eigenvalue weighted by atomic mass is 10.1. The Bertz CT molecular complexity index is 267. The van der Waals surface area contributed by atoms with Gasteiger partial charge in [-0.25, -0.2) is 0 Å². The van der Waals surface area contributed by atoms with Crippen molar-refractivity contribution in [3.63, 3.8) is 0 Å². The molecule has 0 spiro atoms. The summed E-state index contributed by atoms with van der Waals surface area (Å²) in [6, 6.07) is -0.318. The molecular formula is C13H26N2O3. The number of ether oxygens (including phenoxy) is 1. The molecule has 1 N–H and O–H groups in total. The van der Waals surface area contributed by atoms with Gasteiger partial charge in [-0.1, -0.05) is 20.8 Å². The quantitative estimate of drug-likeness (QED) is 0.661. The average molecular weight is 258 g/mol. The van der Waals surface area contributed by atoms with E-state index in [9.17, 15) is 9.59 Å². The lowest BCUT2D eigenvalue weighted by molar-refractivity contribution is -0.143. The molecule has 0 rings (SSSR count). The second kappa shape index (κ2) is 8.91. The van der Waals surface area contributed by atoms with Crippen LogP contribution in [0.5, 0.6) is 0 Å². The summed E-state index contributed by atoms with van der Waals surface area (Å²) >= 11 is 0. The van der Waals surface area contributed by atoms with Gasteiger partial charge in [0.1, 0.15) is 0 Å². The number of amides is 1. The molecule has 0 fully saturated rings. The first-order valence-corrected chi connectivity index (χ1v) is 6.50. The number of hydrogen-bond donors (Lipinski definition) is 1. The lowest BCUT2D eigenvalue weighted by Gasteiger charge is -2.25. The lowest BCUT2D eigenvalue weighted by Crippen LogP contribution is -2.47. The van der Waals surface area contributed by atoms with Crippen LogP contribution in [0.2, 0.25) is 0 Å². The normalized spacial score (nSPS) is 12.6. The van der Waals surface area contributed by atoms with Crippen LogP contribution in [0.15, 0.2) is 0 Å². The molecule has 0 aliphatic heterocycles. The fourth-order valence-electron chi connectivity index (χ4n) is 1.55. The Morgan fingerprint density at radius 3 is 2.33 bits per heavy atom. The second-order valence-electron chi connectivity index (χ2n) is 4.79. The van der Waals surface area contributed by atoms with Crippen LogP contribution < -0.4 is 5.32 Å². The Kier molecular flexibility index (Phi) is 8.37. The first kappa shape index (κ1) is 16.9. The van der Waals surface area contributed by atoms with Gasteiger partial charge in [-0.3, -0.25) is 14.5 Å². The number of nitrogens with zero attached hydrogens (tertiary/aromatic N) is 1. The molecule has 1 amide bonds. The molecule has 0 bridgehead atoms. The van der Waals surface area contributed by atoms with Gasteiger partial charge in [-0.2, -0.15) is 0 Å². The van der Waals surface area contributed by atoms with Crippen molar-refractivity contribution < 1.29 is 14.3 Å². The average Bonchev–Trinajstić information content (AvgIpc) is 2.34. The summed E-state index contributed by atoms with van der Waals surface area (Å²) in [5.41, 5.74) is 0. The van der Waals surface area contributed by atoms with Crippen LogP contribution in [0.4, 0.5) is 0 Å². The van der Waals surface area contributed by atoms with Crippen molar-refractivity contribution in [2.75, 3.05) is 26.7 Å². The van der Waals surface area contributed by atoms with Crippen molar-refractivity contribution >= 4 is 11.9 Å². The maximum absolute atomic E-state index is 11.9. The van der Waals surface area contributed by atoms with Crippen LogP contribution in [0, 0.1) is 5.92 Å². The standard InChI is InChI=1S/C13H26N2O3/c1-6-15(9-12(16)18-5)11(4)13(17)14-8-7-10(2)3/h10-11H,6-9H2,1-5H3,(H,14,17). The van der Waals surface area contributed by atoms with Gasteiger partial charge in [0.25, 0.3) is 0 Å². The monoisotopic (exact) mass is 258 g/mol. The molecule has 106 valence electrons. The van der Waals surface area contributed by atoms with Crippen LogP contribution >= 0.6 is 0 Å². The molecule has 0 aromatic rings. The van der Waals surface area contributed by atoms with Gasteiger partial charge in [-0.05, 0) is 25.8 Å². The molecule has 0 saturated heterocycles. The Hall–Kier alpha value is -1.10. The second-order valence-corrected chi connectivity index (χ2v) is 4.79. The highest BCUT2D eigenvalue weighted by molar-refractivity contribution is 5.82. The molecule has 1 unspecified atom stereocenters. The van der Waals surface area contributed by atoms with Gasteiger partial charge >= 0.3 is 5.97 Å². The summed E-state index contributed by atoms with van der Waals surface area (Å²) in [5.74, 6) is 0.207. The van der Waals surface area contributed by atoms with Gasteiger partial charge in [0, 0.05) is 6.54 Å². The molecule has 18 heavy (non-hydrogen) atoms. The highest BCUT2D eigenvalue weighted by Gasteiger charge is 2.21. The van der Waals surface area contributed by atoms with E-state index in [1.165, 1.54) is 7.11 Å². The number of nitrogens with one attached hydrogen (secondary N) is 1. The summed E-state index contributed by atoms with van der Waals surface area (Å²) < 4.78 is 4.61. The Labute approximate surface area is 110 Å². The minimum absolute atomic E-state index is 0.0404. The minimum atomic E-state index is -0.321. The van der Waals surface area contributed by atoms with Crippen molar-refractivity contribution in [2.24, 2.45) is 5.92 Å². The van der Waals surface area contributed by atoms with Crippen LogP contribution in [-0.4, -0.2) is 49.6 Å². The first-order valence-electron chi connectivity index (χ1n) is 6.50. The van der Waals surface area contributed by atoms with Gasteiger partial charge in [-0.15, -0.1) is 0 Å². The fourth-order valence-corrected chi connectivity index (χ4v) is 1.55. The van der Waals surface area contributed by atoms with Crippen molar-refractivity contribution in [3.8, 4) is 0 Å². The van der Waals surface area contributed by atoms with E-state index in [1.54, 1.807) is 11.8 Å². The summed E-state index contributed by atoms with van der Waals surface area (Å²) in [6.07, 6.45) is 0.960. The van der Waals surface area contributed by atoms with Crippen LogP contribution in [0.3, 0.4) is 0 Å². The molecule has 0 aromatic heterocycles. The molecule has 0 aromatic carbocycles. The van der Waals surface area contributed by atoms with Crippen molar-refractivity contribution in [3.05, 3.63) is 0 Å². The molecular weight excluding hydrogens is 232 g/mol. The number of rotatable bonds is 8. The van der Waals surface area contributed by atoms with Crippen molar-refractivity contribution in [2.45, 2.75) is 40.2 Å². The number of likely N-dealkylation sites (N-methyl/N-ethyl adjacent to an activating group) is 1. The van der Waals surface area contributed by atoms with Gasteiger partial charge in [0.05, 0.1) is 19.7 Å². The smallest absolute Gasteiger partial charge is 0.319 e. The third-order valence-electron chi connectivity index (χ3n) is 2.91. The third-order valence-corrected chi connectivity index (χ3v) is 2.91. The fraction of sp³-hybridized carbons (Fsp3) is 0.846. The van der Waals surface area contributed by atoms with E-state index in [4.69, 9.17) is 0 Å². The highest BCUT2D eigenvalue weighted by Crippen LogP contribution is 2.01. The molecule has 5 heteroatoms. The molecule has 0 aliphatic carbocycles. The van der Waals surface area contributed by atoms with E-state index in [1.807, 2.05) is 6.92 Å². The molecule has 5 nitrogen and oxygen atoms in total. The minimum Gasteiger partial charge on any atom is -0.468 e. The predicted molar refractivity (Wildman–Crippen MR) is 71.2 cm³/mol. The SMILES string of the molecule is CCN(CC(=O)OC)C(C)C(=O)NCCC(C)C. The summed E-state index contributed by atoms with van der Waals surface area (Å²) in [6.45, 7) is 9.41. The molecule has 0 saturated carbocycles. The number of esters is 1. The molecule has 0 aliphatic rings.